The van der Waals surface area contributed by atoms with Gasteiger partial charge in [0.2, 0.25) is 23.6 Å². The molecule has 0 aromatic heterocycles. The number of carbonyl (C=O) groups excluding carboxylic acids is 4. The third kappa shape index (κ3) is 17.2. The van der Waals surface area contributed by atoms with Gasteiger partial charge in [0, 0.05) is 26.2 Å². The van der Waals surface area contributed by atoms with Crippen molar-refractivity contribution in [1.29, 1.82) is 0 Å². The molecule has 4 N–H and O–H groups in total. The van der Waals surface area contributed by atoms with Crippen molar-refractivity contribution < 1.29 is 38.1 Å². The van der Waals surface area contributed by atoms with E-state index < -0.39 is 5.60 Å². The maximum atomic E-state index is 11.4. The fraction of sp³-hybridized carbons (Fsp3) is 0.500. The summed E-state index contributed by atoms with van der Waals surface area (Å²) in [7, 11) is 0. The number of ether oxygens (including phenoxy) is 4. The molecule has 0 heterocycles. The second-order valence-corrected chi connectivity index (χ2v) is 7.17. The van der Waals surface area contributed by atoms with E-state index in [1.807, 2.05) is 0 Å². The summed E-state index contributed by atoms with van der Waals surface area (Å²) in [4.78, 5) is 45.3. The highest BCUT2D eigenvalue weighted by molar-refractivity contribution is 5.87. The van der Waals surface area contributed by atoms with Crippen molar-refractivity contribution in [2.75, 3.05) is 72.4 Å². The topological polar surface area (TPSA) is 153 Å². The molecule has 4 amide bonds. The number of nitrogens with one attached hydrogen (secondary N) is 4. The van der Waals surface area contributed by atoms with E-state index in [4.69, 9.17) is 18.9 Å². The minimum Gasteiger partial charge on any atom is -0.376 e. The quantitative estimate of drug-likeness (QED) is 0.101. The highest BCUT2D eigenvalue weighted by Gasteiger charge is 2.33. The molecule has 0 aromatic carbocycles. The molecular weight excluding hydrogens is 472 g/mol. The zero-order valence-electron chi connectivity index (χ0n) is 20.7. The van der Waals surface area contributed by atoms with Gasteiger partial charge < -0.3 is 40.2 Å². The lowest BCUT2D eigenvalue weighted by molar-refractivity contribution is -0.165. The molecule has 0 fully saturated rings. The summed E-state index contributed by atoms with van der Waals surface area (Å²) < 4.78 is 23.2. The number of carbonyl (C=O) groups is 4. The molecule has 12 heteroatoms. The lowest BCUT2D eigenvalue weighted by Crippen LogP contribution is -2.49. The fourth-order valence-electron chi connectivity index (χ4n) is 2.49. The van der Waals surface area contributed by atoms with Crippen LogP contribution in [-0.4, -0.2) is 102 Å². The number of hydrogen-bond acceptors (Lipinski definition) is 8. The first kappa shape index (κ1) is 32.7. The standard InChI is InChI=1S/C24H38N4O8/c1-5-20(29)25-9-13-33-17-24(36-16-12-28-23(32)8-4,18-34-14-10-26-21(30)6-2)19-35-15-11-27-22(31)7-3/h5-8H,1-4,9-19H2,(H,25,29)(H,26,30)(H,27,31)(H,28,32). The van der Waals surface area contributed by atoms with Crippen LogP contribution in [0.4, 0.5) is 0 Å². The molecule has 0 saturated heterocycles. The monoisotopic (exact) mass is 510 g/mol. The Kier molecular flexibility index (Phi) is 19.1. The molecule has 0 aromatic rings. The second-order valence-electron chi connectivity index (χ2n) is 7.17. The van der Waals surface area contributed by atoms with Gasteiger partial charge >= 0.3 is 0 Å². The number of amides is 4. The molecule has 0 rings (SSSR count). The summed E-state index contributed by atoms with van der Waals surface area (Å²) in [6.45, 7) is 15.3. The molecule has 0 radical (unpaired) electrons. The van der Waals surface area contributed by atoms with E-state index in [0.29, 0.717) is 0 Å². The minimum absolute atomic E-state index is 0.0321. The van der Waals surface area contributed by atoms with Crippen LogP contribution in [0.5, 0.6) is 0 Å². The smallest absolute Gasteiger partial charge is 0.243 e. The van der Waals surface area contributed by atoms with Crippen molar-refractivity contribution >= 4 is 23.6 Å². The lowest BCUT2D eigenvalue weighted by Gasteiger charge is -2.33. The van der Waals surface area contributed by atoms with Crippen LogP contribution in [0.15, 0.2) is 50.6 Å². The van der Waals surface area contributed by atoms with E-state index >= 15 is 0 Å². The Balaban J connectivity index is 5.11. The Hall–Kier alpha value is -3.32. The summed E-state index contributed by atoms with van der Waals surface area (Å²) in [5, 5.41) is 10.4. The molecule has 0 saturated carbocycles. The van der Waals surface area contributed by atoms with E-state index in [9.17, 15) is 19.2 Å². The SMILES string of the molecule is C=CC(=O)NCCOCC(COCCNC(=O)C=C)(COCCNC(=O)C=C)OCCNC(=O)C=C. The van der Waals surface area contributed by atoms with Crippen molar-refractivity contribution in [2.24, 2.45) is 0 Å². The number of rotatable bonds is 23. The zero-order chi connectivity index (χ0) is 27.1. The van der Waals surface area contributed by atoms with Crippen molar-refractivity contribution in [3.8, 4) is 0 Å². The maximum Gasteiger partial charge on any atom is 0.243 e. The molecule has 0 atom stereocenters. The van der Waals surface area contributed by atoms with E-state index in [1.54, 1.807) is 0 Å². The second kappa shape index (κ2) is 21.0. The summed E-state index contributed by atoms with van der Waals surface area (Å²) in [5.74, 6) is -1.32. The van der Waals surface area contributed by atoms with Gasteiger partial charge in [-0.1, -0.05) is 26.3 Å². The molecule has 36 heavy (non-hydrogen) atoms. The van der Waals surface area contributed by atoms with Gasteiger partial charge in [0.15, 0.2) is 0 Å². The molecular formula is C24H38N4O8. The van der Waals surface area contributed by atoms with E-state index in [1.165, 1.54) is 0 Å². The van der Waals surface area contributed by atoms with Gasteiger partial charge in [0.05, 0.1) is 46.2 Å². The lowest BCUT2D eigenvalue weighted by atomic mass is 10.1. The molecule has 202 valence electrons. The van der Waals surface area contributed by atoms with Gasteiger partial charge in [-0.2, -0.15) is 0 Å². The molecule has 12 nitrogen and oxygen atoms in total. The van der Waals surface area contributed by atoms with Gasteiger partial charge in [-0.25, -0.2) is 0 Å². The van der Waals surface area contributed by atoms with Gasteiger partial charge in [0.25, 0.3) is 0 Å². The summed E-state index contributed by atoms with van der Waals surface area (Å²) in [6.07, 6.45) is 4.62. The molecule has 0 aliphatic carbocycles. The summed E-state index contributed by atoms with van der Waals surface area (Å²) in [5.41, 5.74) is -1.09. The Bertz CT molecular complexity index is 668. The molecule has 0 aliphatic heterocycles. The number of hydrogen-bond donors (Lipinski definition) is 4. The van der Waals surface area contributed by atoms with Crippen molar-refractivity contribution in [3.05, 3.63) is 50.6 Å². The molecule has 0 aliphatic rings. The van der Waals surface area contributed by atoms with Crippen LogP contribution in [0, 0.1) is 0 Å². The largest absolute Gasteiger partial charge is 0.376 e. The molecule has 0 bridgehead atoms. The van der Waals surface area contributed by atoms with Crippen LogP contribution in [0.2, 0.25) is 0 Å². The first-order valence-corrected chi connectivity index (χ1v) is 11.3. The average molecular weight is 511 g/mol. The Labute approximate surface area is 212 Å². The third-order valence-electron chi connectivity index (χ3n) is 4.28. The van der Waals surface area contributed by atoms with E-state index in [-0.39, 0.29) is 96.1 Å². The molecule has 0 spiro atoms. The van der Waals surface area contributed by atoms with Crippen LogP contribution < -0.4 is 21.3 Å². The third-order valence-corrected chi connectivity index (χ3v) is 4.28. The van der Waals surface area contributed by atoms with Crippen LogP contribution >= 0.6 is 0 Å². The first-order valence-electron chi connectivity index (χ1n) is 11.3. The van der Waals surface area contributed by atoms with Crippen molar-refractivity contribution in [1.82, 2.24) is 21.3 Å². The van der Waals surface area contributed by atoms with Gasteiger partial charge in [-0.3, -0.25) is 19.2 Å². The van der Waals surface area contributed by atoms with Crippen LogP contribution in [-0.2, 0) is 38.1 Å². The summed E-state index contributed by atoms with van der Waals surface area (Å²) in [6, 6.07) is 0. The van der Waals surface area contributed by atoms with Gasteiger partial charge in [0.1, 0.15) is 5.60 Å². The highest BCUT2D eigenvalue weighted by Crippen LogP contribution is 2.14. The normalized spacial score (nSPS) is 10.6. The molecule has 0 unspecified atom stereocenters. The minimum atomic E-state index is -1.09. The van der Waals surface area contributed by atoms with E-state index in [2.05, 4.69) is 47.6 Å². The predicted molar refractivity (Wildman–Crippen MR) is 134 cm³/mol. The van der Waals surface area contributed by atoms with Crippen LogP contribution in [0.1, 0.15) is 0 Å². The Morgan fingerprint density at radius 1 is 0.528 bits per heavy atom. The average Bonchev–Trinajstić information content (AvgIpc) is 2.89. The Morgan fingerprint density at radius 3 is 1.08 bits per heavy atom. The zero-order valence-corrected chi connectivity index (χ0v) is 20.7. The predicted octanol–water partition coefficient (Wildman–Crippen LogP) is -1.000. The Morgan fingerprint density at radius 2 is 0.806 bits per heavy atom. The first-order chi connectivity index (χ1) is 17.3. The summed E-state index contributed by atoms with van der Waals surface area (Å²) >= 11 is 0. The fourth-order valence-corrected chi connectivity index (χ4v) is 2.49. The van der Waals surface area contributed by atoms with Crippen LogP contribution in [0.25, 0.3) is 0 Å². The van der Waals surface area contributed by atoms with Crippen molar-refractivity contribution in [2.45, 2.75) is 5.60 Å². The maximum absolute atomic E-state index is 11.4. The van der Waals surface area contributed by atoms with Gasteiger partial charge in [-0.05, 0) is 24.3 Å². The highest BCUT2D eigenvalue weighted by atomic mass is 16.6. The van der Waals surface area contributed by atoms with E-state index in [0.717, 1.165) is 24.3 Å². The van der Waals surface area contributed by atoms with Gasteiger partial charge in [-0.15, -0.1) is 0 Å². The van der Waals surface area contributed by atoms with Crippen molar-refractivity contribution in [3.63, 3.8) is 0 Å². The van der Waals surface area contributed by atoms with Crippen LogP contribution in [0.3, 0.4) is 0 Å².